The number of thiophene rings is 3. The number of fused-ring (bicyclic) bond motifs is 11. The number of likely N-dealkylation sites (N-methyl/N-ethyl adjacent to an activating group) is 2. The third-order valence-corrected chi connectivity index (χ3v) is 16.3. The summed E-state index contributed by atoms with van der Waals surface area (Å²) < 4.78 is 0. The number of hydrogen-bond donors (Lipinski definition) is 0. The first kappa shape index (κ1) is 34.1. The van der Waals surface area contributed by atoms with Gasteiger partial charge in [0.25, 0.3) is 29.3 Å². The van der Waals surface area contributed by atoms with Crippen LogP contribution in [0, 0.1) is 17.9 Å². The maximum Gasteiger partial charge on any atom is 0.271 e. The van der Waals surface area contributed by atoms with Crippen molar-refractivity contribution in [3.63, 3.8) is 0 Å². The molecule has 0 N–H and O–H groups in total. The summed E-state index contributed by atoms with van der Waals surface area (Å²) in [6.45, 7) is 11.0. The summed E-state index contributed by atoms with van der Waals surface area (Å²) >= 11 is 5.33. The number of imide groups is 2. The summed E-state index contributed by atoms with van der Waals surface area (Å²) in [6.07, 6.45) is 15.2. The normalized spacial score (nSPS) is 23.0. The quantitative estimate of drug-likeness (QED) is 0.148. The zero-order valence-corrected chi connectivity index (χ0v) is 32.5. The highest BCUT2D eigenvalue weighted by Gasteiger charge is 2.56. The number of nitriles is 1. The fraction of sp³-hybridized carbons (Fsp3) is 0.381. The number of hydrogen-bond acceptors (Lipinski definition) is 8. The highest BCUT2D eigenvalue weighted by atomic mass is 32.1. The van der Waals surface area contributed by atoms with Crippen LogP contribution in [0.25, 0.3) is 36.5 Å². The Bertz CT molecular complexity index is 2300. The van der Waals surface area contributed by atoms with E-state index in [2.05, 4.69) is 17.0 Å². The van der Waals surface area contributed by atoms with Crippen molar-refractivity contribution in [2.45, 2.75) is 88.9 Å². The number of carbonyl (C=O) groups excluding carboxylic acids is 4. The number of rotatable bonds is 2. The van der Waals surface area contributed by atoms with E-state index in [4.69, 9.17) is 6.57 Å². The molecule has 6 aliphatic rings. The molecule has 4 amide bonds. The lowest BCUT2D eigenvalue weighted by Gasteiger charge is -2.41. The van der Waals surface area contributed by atoms with Gasteiger partial charge in [0.15, 0.2) is 0 Å². The van der Waals surface area contributed by atoms with Crippen LogP contribution in [0.2, 0.25) is 0 Å². The lowest BCUT2D eigenvalue weighted by molar-refractivity contribution is -0.140. The summed E-state index contributed by atoms with van der Waals surface area (Å²) in [5.41, 5.74) is 7.26. The van der Waals surface area contributed by atoms with Crippen molar-refractivity contribution in [1.29, 1.82) is 5.26 Å². The smallest absolute Gasteiger partial charge is 0.271 e. The van der Waals surface area contributed by atoms with E-state index in [0.717, 1.165) is 70.9 Å². The molecule has 2 aliphatic heterocycles. The van der Waals surface area contributed by atoms with Crippen LogP contribution in [0.5, 0.6) is 0 Å². The van der Waals surface area contributed by atoms with Gasteiger partial charge in [0.1, 0.15) is 11.6 Å². The van der Waals surface area contributed by atoms with Crippen LogP contribution in [0.4, 0.5) is 0 Å². The van der Waals surface area contributed by atoms with Crippen molar-refractivity contribution in [2.75, 3.05) is 14.1 Å². The van der Waals surface area contributed by atoms with E-state index in [1.165, 1.54) is 68.7 Å². The molecule has 53 heavy (non-hydrogen) atoms. The fourth-order valence-electron chi connectivity index (χ4n) is 9.96. The predicted molar refractivity (Wildman–Crippen MR) is 208 cm³/mol. The molecule has 0 aromatic carbocycles. The van der Waals surface area contributed by atoms with Gasteiger partial charge in [0.2, 0.25) is 0 Å². The minimum Gasteiger partial charge on any atom is -0.287 e. The second kappa shape index (κ2) is 11.9. The van der Waals surface area contributed by atoms with Crippen LogP contribution in [-0.2, 0) is 30.0 Å². The molecule has 0 saturated heterocycles. The topological polar surface area (TPSA) is 103 Å². The maximum absolute atomic E-state index is 13.3. The summed E-state index contributed by atoms with van der Waals surface area (Å²) in [5, 5.41) is 9.74. The van der Waals surface area contributed by atoms with Gasteiger partial charge in [-0.2, -0.15) is 5.26 Å². The Hall–Kier alpha value is -4.68. The van der Waals surface area contributed by atoms with Gasteiger partial charge in [-0.1, -0.05) is 38.5 Å². The van der Waals surface area contributed by atoms with Gasteiger partial charge in [-0.25, -0.2) is 4.85 Å². The van der Waals surface area contributed by atoms with Gasteiger partial charge < -0.3 is 0 Å². The molecule has 0 bridgehead atoms. The number of nitrogens with zero attached hydrogens (tertiary/aromatic N) is 4. The fourth-order valence-corrected chi connectivity index (χ4v) is 14.2. The minimum atomic E-state index is -0.559. The number of carbonyl (C=O) groups is 4. The molecule has 11 heteroatoms. The third kappa shape index (κ3) is 4.48. The lowest BCUT2D eigenvalue weighted by Crippen LogP contribution is -2.39. The van der Waals surface area contributed by atoms with Crippen LogP contribution in [-0.4, -0.2) is 47.5 Å². The Morgan fingerprint density at radius 3 is 1.58 bits per heavy atom. The molecule has 3 aromatic rings. The zero-order valence-electron chi connectivity index (χ0n) is 30.0. The largest absolute Gasteiger partial charge is 0.287 e. The molecule has 0 radical (unpaired) electrons. The van der Waals surface area contributed by atoms with Gasteiger partial charge in [0, 0.05) is 65.3 Å². The molecule has 5 heterocycles. The zero-order chi connectivity index (χ0) is 37.1. The highest BCUT2D eigenvalue weighted by Crippen LogP contribution is 2.70. The summed E-state index contributed by atoms with van der Waals surface area (Å²) in [5.74, 6) is -1.88. The van der Waals surface area contributed by atoms with E-state index in [9.17, 15) is 24.4 Å². The van der Waals surface area contributed by atoms with Crippen molar-refractivity contribution in [3.05, 3.63) is 89.1 Å². The van der Waals surface area contributed by atoms with Crippen molar-refractivity contribution in [2.24, 2.45) is 0 Å². The lowest BCUT2D eigenvalue weighted by atomic mass is 9.61. The second-order valence-electron chi connectivity index (χ2n) is 15.2. The molecule has 0 atom stereocenters. The van der Waals surface area contributed by atoms with Crippen molar-refractivity contribution in [1.82, 2.24) is 9.80 Å². The summed E-state index contributed by atoms with van der Waals surface area (Å²) in [6, 6.07) is 6.60. The van der Waals surface area contributed by atoms with E-state index in [-0.39, 0.29) is 33.9 Å². The standard InChI is InChI=1S/C42H36N4O4S3/c1-21-25(37(47)45(4)39(49)27(21)20-43)16-23-18-28-33(51-23)35-30(41(28)12-8-6-9-13-41)31-36(53-35)34-29(42(31)14-10-7-11-15-42)19-24(52-34)17-26-22(2)32(44-3)40(50)46(5)38(26)48/h16-19H,6-15H2,1-2,4-5H3/b25-16+,26-17+. The van der Waals surface area contributed by atoms with E-state index >= 15 is 0 Å². The van der Waals surface area contributed by atoms with E-state index < -0.39 is 11.8 Å². The molecule has 266 valence electrons. The van der Waals surface area contributed by atoms with Crippen molar-refractivity contribution in [3.8, 4) is 25.6 Å². The summed E-state index contributed by atoms with van der Waals surface area (Å²) in [4.78, 5) is 64.7. The molecule has 3 aromatic heterocycles. The van der Waals surface area contributed by atoms with E-state index in [0.29, 0.717) is 22.3 Å². The first-order valence-corrected chi connectivity index (χ1v) is 20.7. The second-order valence-corrected chi connectivity index (χ2v) is 18.4. The first-order chi connectivity index (χ1) is 25.5. The van der Waals surface area contributed by atoms with Crippen LogP contribution in [0.15, 0.2) is 45.7 Å². The molecule has 8 nitrogen and oxygen atoms in total. The predicted octanol–water partition coefficient (Wildman–Crippen LogP) is 9.13. The Morgan fingerprint density at radius 1 is 0.679 bits per heavy atom. The van der Waals surface area contributed by atoms with Gasteiger partial charge in [-0.15, -0.1) is 34.0 Å². The van der Waals surface area contributed by atoms with E-state index in [1.807, 2.05) is 29.6 Å². The molecular weight excluding hydrogens is 721 g/mol. The van der Waals surface area contributed by atoms with Crippen LogP contribution >= 0.6 is 34.0 Å². The molecule has 2 fully saturated rings. The number of amides is 4. The molecule has 0 unspecified atom stereocenters. The van der Waals surface area contributed by atoms with Gasteiger partial charge in [-0.05, 0) is 97.2 Å². The summed E-state index contributed by atoms with van der Waals surface area (Å²) in [7, 11) is 2.88. The maximum atomic E-state index is 13.3. The van der Waals surface area contributed by atoms with Crippen LogP contribution in [0.3, 0.4) is 0 Å². The SMILES string of the molecule is [C-]#[N+]C1=C(C)/C(=C\c2cc3c(s2)-c2sc4c(c2C32CCCCC2)C2(CCCCC2)c2cc(/C=C3/C(=O)N(C)C(=O)C(C#N)=C3C)sc2-4)C(=O)N(C)C1=O. The molecule has 2 saturated carbocycles. The Kier molecular flexibility index (Phi) is 7.67. The third-order valence-electron chi connectivity index (χ3n) is 12.7. The molecule has 9 rings (SSSR count). The van der Waals surface area contributed by atoms with Gasteiger partial charge in [-0.3, -0.25) is 29.0 Å². The van der Waals surface area contributed by atoms with Crippen molar-refractivity contribution < 1.29 is 19.2 Å². The monoisotopic (exact) mass is 756 g/mol. The Morgan fingerprint density at radius 2 is 1.13 bits per heavy atom. The van der Waals surface area contributed by atoms with Gasteiger partial charge in [0.05, 0.1) is 6.57 Å². The Labute approximate surface area is 320 Å². The van der Waals surface area contributed by atoms with Gasteiger partial charge >= 0.3 is 0 Å². The molecule has 2 spiro atoms. The average molecular weight is 757 g/mol. The molecular formula is C42H36N4O4S3. The minimum absolute atomic E-state index is 0.00670. The van der Waals surface area contributed by atoms with Crippen LogP contribution < -0.4 is 0 Å². The first-order valence-electron chi connectivity index (χ1n) is 18.2. The highest BCUT2D eigenvalue weighted by molar-refractivity contribution is 7.27. The Balaban J connectivity index is 1.22. The van der Waals surface area contributed by atoms with Crippen LogP contribution in [0.1, 0.15) is 110 Å². The molecule has 4 aliphatic carbocycles. The van der Waals surface area contributed by atoms with E-state index in [1.54, 1.807) is 36.5 Å². The average Bonchev–Trinajstić information content (AvgIpc) is 3.96. The van der Waals surface area contributed by atoms with Crippen molar-refractivity contribution >= 4 is 69.8 Å².